The monoisotopic (exact) mass is 352 g/mol. The first-order valence-electron chi connectivity index (χ1n) is 6.97. The van der Waals surface area contributed by atoms with Crippen LogP contribution >= 0.6 is 23.4 Å². The van der Waals surface area contributed by atoms with Gasteiger partial charge in [0.05, 0.1) is 24.3 Å². The molecule has 2 rings (SSSR count). The van der Waals surface area contributed by atoms with Gasteiger partial charge in [0, 0.05) is 10.7 Å². The van der Waals surface area contributed by atoms with Crippen molar-refractivity contribution in [3.63, 3.8) is 0 Å². The molecule has 5 nitrogen and oxygen atoms in total. The van der Waals surface area contributed by atoms with Crippen LogP contribution in [0.3, 0.4) is 0 Å². The lowest BCUT2D eigenvalue weighted by Gasteiger charge is -2.08. The summed E-state index contributed by atoms with van der Waals surface area (Å²) in [4.78, 5) is 23.5. The van der Waals surface area contributed by atoms with Crippen molar-refractivity contribution in [2.45, 2.75) is 13.5 Å². The zero-order chi connectivity index (χ0) is 16.7. The van der Waals surface area contributed by atoms with Crippen LogP contribution in [-0.2, 0) is 16.1 Å². The number of carbonyl (C=O) groups excluding carboxylic acids is 2. The van der Waals surface area contributed by atoms with Crippen molar-refractivity contribution >= 4 is 40.9 Å². The molecule has 122 valence electrons. The van der Waals surface area contributed by atoms with Crippen molar-refractivity contribution in [1.29, 1.82) is 0 Å². The number of nitrogens with one attached hydrogen (secondary N) is 2. The summed E-state index contributed by atoms with van der Waals surface area (Å²) < 4.78 is 5.12. The SMILES string of the molecule is Cc1cc(Cl)ccc1NC(=O)CSCC(=O)NCc1ccco1. The van der Waals surface area contributed by atoms with E-state index in [0.717, 1.165) is 11.3 Å². The normalized spacial score (nSPS) is 10.3. The highest BCUT2D eigenvalue weighted by Crippen LogP contribution is 2.19. The van der Waals surface area contributed by atoms with Gasteiger partial charge in [0.1, 0.15) is 5.76 Å². The minimum atomic E-state index is -0.153. The van der Waals surface area contributed by atoms with Gasteiger partial charge in [0.15, 0.2) is 0 Å². The van der Waals surface area contributed by atoms with Crippen LogP contribution in [0.1, 0.15) is 11.3 Å². The highest BCUT2D eigenvalue weighted by atomic mass is 35.5. The van der Waals surface area contributed by atoms with E-state index in [9.17, 15) is 9.59 Å². The number of carbonyl (C=O) groups is 2. The zero-order valence-electron chi connectivity index (χ0n) is 12.6. The Balaban J connectivity index is 1.67. The Morgan fingerprint density at radius 2 is 2.00 bits per heavy atom. The fourth-order valence-electron chi connectivity index (χ4n) is 1.84. The van der Waals surface area contributed by atoms with Crippen molar-refractivity contribution in [3.8, 4) is 0 Å². The number of amides is 2. The summed E-state index contributed by atoms with van der Waals surface area (Å²) in [5, 5.41) is 6.15. The van der Waals surface area contributed by atoms with E-state index in [2.05, 4.69) is 10.6 Å². The second kappa shape index (κ2) is 8.64. The maximum atomic E-state index is 11.9. The molecule has 1 aromatic carbocycles. The smallest absolute Gasteiger partial charge is 0.234 e. The van der Waals surface area contributed by atoms with Gasteiger partial charge in [-0.25, -0.2) is 0 Å². The maximum Gasteiger partial charge on any atom is 0.234 e. The van der Waals surface area contributed by atoms with Gasteiger partial charge in [-0.15, -0.1) is 11.8 Å². The molecule has 0 spiro atoms. The Hall–Kier alpha value is -1.92. The quantitative estimate of drug-likeness (QED) is 0.802. The van der Waals surface area contributed by atoms with Gasteiger partial charge in [-0.05, 0) is 42.8 Å². The average molecular weight is 353 g/mol. The van der Waals surface area contributed by atoms with Gasteiger partial charge in [0.25, 0.3) is 0 Å². The minimum Gasteiger partial charge on any atom is -0.467 e. The number of aryl methyl sites for hydroxylation is 1. The molecule has 0 unspecified atom stereocenters. The fraction of sp³-hybridized carbons (Fsp3) is 0.250. The van der Waals surface area contributed by atoms with Crippen LogP contribution in [0.15, 0.2) is 41.0 Å². The van der Waals surface area contributed by atoms with Crippen molar-refractivity contribution in [1.82, 2.24) is 5.32 Å². The third-order valence-corrected chi connectivity index (χ3v) is 4.14. The predicted octanol–water partition coefficient (Wildman–Crippen LogP) is 3.23. The lowest BCUT2D eigenvalue weighted by atomic mass is 10.2. The maximum absolute atomic E-state index is 11.9. The predicted molar refractivity (Wildman–Crippen MR) is 92.7 cm³/mol. The van der Waals surface area contributed by atoms with Gasteiger partial charge >= 0.3 is 0 Å². The molecule has 2 amide bonds. The number of benzene rings is 1. The molecule has 0 radical (unpaired) electrons. The summed E-state index contributed by atoms with van der Waals surface area (Å²) in [6, 6.07) is 8.82. The third kappa shape index (κ3) is 6.00. The molecule has 23 heavy (non-hydrogen) atoms. The van der Waals surface area contributed by atoms with E-state index in [4.69, 9.17) is 16.0 Å². The minimum absolute atomic E-state index is 0.137. The van der Waals surface area contributed by atoms with Crippen molar-refractivity contribution in [2.24, 2.45) is 0 Å². The number of halogens is 1. The van der Waals surface area contributed by atoms with E-state index < -0.39 is 0 Å². The third-order valence-electron chi connectivity index (χ3n) is 2.97. The summed E-state index contributed by atoms with van der Waals surface area (Å²) in [7, 11) is 0. The average Bonchev–Trinajstić information content (AvgIpc) is 3.01. The number of hydrogen-bond acceptors (Lipinski definition) is 4. The number of furan rings is 1. The molecule has 0 fully saturated rings. The number of rotatable bonds is 7. The molecule has 0 saturated heterocycles. The first kappa shape index (κ1) is 17.4. The highest BCUT2D eigenvalue weighted by molar-refractivity contribution is 8.00. The summed E-state index contributed by atoms with van der Waals surface area (Å²) in [5.74, 6) is 0.824. The Morgan fingerprint density at radius 3 is 2.70 bits per heavy atom. The molecule has 0 saturated carbocycles. The standard InChI is InChI=1S/C16H17ClN2O3S/c1-11-7-12(17)4-5-14(11)19-16(21)10-23-9-15(20)18-8-13-3-2-6-22-13/h2-7H,8-10H2,1H3,(H,18,20)(H,19,21). The molecule has 7 heteroatoms. The van der Waals surface area contributed by atoms with Crippen LogP contribution < -0.4 is 10.6 Å². The molecule has 1 heterocycles. The fourth-order valence-corrected chi connectivity index (χ4v) is 2.71. The second-order valence-electron chi connectivity index (χ2n) is 4.86. The highest BCUT2D eigenvalue weighted by Gasteiger charge is 2.08. The molecule has 1 aromatic heterocycles. The Kier molecular flexibility index (Phi) is 6.55. The summed E-state index contributed by atoms with van der Waals surface area (Å²) in [6.07, 6.45) is 1.55. The van der Waals surface area contributed by atoms with E-state index in [-0.39, 0.29) is 23.3 Å². The number of anilines is 1. The van der Waals surface area contributed by atoms with Gasteiger partial charge in [0.2, 0.25) is 11.8 Å². The van der Waals surface area contributed by atoms with Gasteiger partial charge in [-0.3, -0.25) is 9.59 Å². The van der Waals surface area contributed by atoms with E-state index in [1.165, 1.54) is 11.8 Å². The largest absolute Gasteiger partial charge is 0.467 e. The first-order valence-corrected chi connectivity index (χ1v) is 8.50. The first-order chi connectivity index (χ1) is 11.0. The van der Waals surface area contributed by atoms with Crippen molar-refractivity contribution in [2.75, 3.05) is 16.8 Å². The molecule has 2 aromatic rings. The molecule has 0 aliphatic rings. The number of hydrogen-bond donors (Lipinski definition) is 2. The molecular weight excluding hydrogens is 336 g/mol. The van der Waals surface area contributed by atoms with E-state index in [1.807, 2.05) is 6.92 Å². The molecule has 0 aliphatic heterocycles. The zero-order valence-corrected chi connectivity index (χ0v) is 14.2. The van der Waals surface area contributed by atoms with E-state index in [1.54, 1.807) is 36.6 Å². The van der Waals surface area contributed by atoms with E-state index >= 15 is 0 Å². The molecule has 0 bridgehead atoms. The molecule has 0 atom stereocenters. The topological polar surface area (TPSA) is 71.3 Å². The second-order valence-corrected chi connectivity index (χ2v) is 6.28. The van der Waals surface area contributed by atoms with Gasteiger partial charge < -0.3 is 15.1 Å². The molecular formula is C16H17ClN2O3S. The molecule has 2 N–H and O–H groups in total. The van der Waals surface area contributed by atoms with Crippen LogP contribution in [0, 0.1) is 6.92 Å². The van der Waals surface area contributed by atoms with Crippen LogP contribution in [0.25, 0.3) is 0 Å². The van der Waals surface area contributed by atoms with Gasteiger partial charge in [-0.2, -0.15) is 0 Å². The lowest BCUT2D eigenvalue weighted by molar-refractivity contribution is -0.118. The Morgan fingerprint density at radius 1 is 1.22 bits per heavy atom. The lowest BCUT2D eigenvalue weighted by Crippen LogP contribution is -2.25. The Labute approximate surface area is 143 Å². The Bertz CT molecular complexity index is 674. The summed E-state index contributed by atoms with van der Waals surface area (Å²) >= 11 is 7.12. The molecule has 0 aliphatic carbocycles. The van der Waals surface area contributed by atoms with Crippen LogP contribution in [0.4, 0.5) is 5.69 Å². The summed E-state index contributed by atoms with van der Waals surface area (Å²) in [6.45, 7) is 2.22. The number of thioether (sulfide) groups is 1. The van der Waals surface area contributed by atoms with Crippen molar-refractivity contribution < 1.29 is 14.0 Å². The summed E-state index contributed by atoms with van der Waals surface area (Å²) in [5.41, 5.74) is 1.62. The van der Waals surface area contributed by atoms with Crippen LogP contribution in [0.5, 0.6) is 0 Å². The van der Waals surface area contributed by atoms with Gasteiger partial charge in [-0.1, -0.05) is 11.6 Å². The van der Waals surface area contributed by atoms with Crippen LogP contribution in [-0.4, -0.2) is 23.3 Å². The van der Waals surface area contributed by atoms with Crippen LogP contribution in [0.2, 0.25) is 5.02 Å². The van der Waals surface area contributed by atoms with E-state index in [0.29, 0.717) is 17.3 Å². The van der Waals surface area contributed by atoms with Crippen molar-refractivity contribution in [3.05, 3.63) is 52.9 Å².